The number of aryl methyl sites for hydroxylation is 1. The minimum absolute atomic E-state index is 0.231. The second-order valence-corrected chi connectivity index (χ2v) is 6.79. The Morgan fingerprint density at radius 2 is 2.12 bits per heavy atom. The van der Waals surface area contributed by atoms with Gasteiger partial charge in [0, 0.05) is 32.6 Å². The molecule has 1 N–H and O–H groups in total. The van der Waals surface area contributed by atoms with Gasteiger partial charge in [-0.05, 0) is 18.2 Å². The summed E-state index contributed by atoms with van der Waals surface area (Å²) in [7, 11) is 2.93. The van der Waals surface area contributed by atoms with E-state index in [0.29, 0.717) is 6.54 Å². The molecule has 0 bridgehead atoms. The maximum Gasteiger partial charge on any atom is 0.332 e. The van der Waals surface area contributed by atoms with Crippen LogP contribution in [0, 0.1) is 0 Å². The molecule has 0 atom stereocenters. The number of pyridine rings is 1. The molecule has 0 fully saturated rings. The molecule has 0 saturated carbocycles. The van der Waals surface area contributed by atoms with E-state index in [2.05, 4.69) is 10.3 Å². The predicted molar refractivity (Wildman–Crippen MR) is 99.4 cm³/mol. The molecule has 0 spiro atoms. The summed E-state index contributed by atoms with van der Waals surface area (Å²) in [5.74, 6) is 2.05. The van der Waals surface area contributed by atoms with Crippen LogP contribution in [0.25, 0.3) is 11.0 Å². The van der Waals surface area contributed by atoms with Crippen LogP contribution in [0.15, 0.2) is 44.7 Å². The molecule has 3 rings (SSSR count). The Morgan fingerprint density at radius 1 is 1.31 bits per heavy atom. The third-order valence-electron chi connectivity index (χ3n) is 3.91. The van der Waals surface area contributed by atoms with Crippen molar-refractivity contribution in [2.45, 2.75) is 5.75 Å². The van der Waals surface area contributed by atoms with E-state index in [1.165, 1.54) is 30.9 Å². The molecule has 0 radical (unpaired) electrons. The number of carbonyl (C=O) groups excluding carboxylic acids is 1. The van der Waals surface area contributed by atoms with Gasteiger partial charge < -0.3 is 9.73 Å². The summed E-state index contributed by atoms with van der Waals surface area (Å²) in [6, 6.07) is 5.21. The summed E-state index contributed by atoms with van der Waals surface area (Å²) in [5.41, 5.74) is -0.395. The van der Waals surface area contributed by atoms with Crippen molar-refractivity contribution in [1.82, 2.24) is 19.4 Å². The zero-order valence-corrected chi connectivity index (χ0v) is 15.2. The Kier molecular flexibility index (Phi) is 5.27. The van der Waals surface area contributed by atoms with Gasteiger partial charge >= 0.3 is 5.69 Å². The molecular formula is C17H18N4O4S. The lowest BCUT2D eigenvalue weighted by atomic mass is 10.2. The molecule has 9 heteroatoms. The van der Waals surface area contributed by atoms with E-state index in [0.717, 1.165) is 21.8 Å². The van der Waals surface area contributed by atoms with Gasteiger partial charge in [0.25, 0.3) is 11.5 Å². The number of nitrogens with zero attached hydrogens (tertiary/aromatic N) is 3. The van der Waals surface area contributed by atoms with Gasteiger partial charge in [0.15, 0.2) is 0 Å². The van der Waals surface area contributed by atoms with Crippen molar-refractivity contribution in [2.24, 2.45) is 14.1 Å². The summed E-state index contributed by atoms with van der Waals surface area (Å²) in [4.78, 5) is 40.5. The highest BCUT2D eigenvalue weighted by molar-refractivity contribution is 7.98. The lowest BCUT2D eigenvalue weighted by molar-refractivity contribution is 0.0956. The summed E-state index contributed by atoms with van der Waals surface area (Å²) >= 11 is 1.64. The van der Waals surface area contributed by atoms with Gasteiger partial charge in [-0.25, -0.2) is 9.78 Å². The van der Waals surface area contributed by atoms with Gasteiger partial charge in [-0.2, -0.15) is 11.8 Å². The number of nitrogens with one attached hydrogen (secondary N) is 1. The molecular weight excluding hydrogens is 356 g/mol. The molecule has 3 heterocycles. The van der Waals surface area contributed by atoms with Crippen LogP contribution in [0.5, 0.6) is 0 Å². The van der Waals surface area contributed by atoms with E-state index in [4.69, 9.17) is 4.42 Å². The smallest absolute Gasteiger partial charge is 0.332 e. The molecule has 1 amide bonds. The molecule has 8 nitrogen and oxygen atoms in total. The Balaban J connectivity index is 1.67. The average molecular weight is 374 g/mol. The molecule has 0 saturated heterocycles. The first kappa shape index (κ1) is 18.0. The normalized spacial score (nSPS) is 11.0. The highest BCUT2D eigenvalue weighted by Gasteiger charge is 2.13. The van der Waals surface area contributed by atoms with E-state index in [1.807, 2.05) is 12.1 Å². The van der Waals surface area contributed by atoms with Crippen LogP contribution in [0.1, 0.15) is 16.1 Å². The monoisotopic (exact) mass is 374 g/mol. The lowest BCUT2D eigenvalue weighted by Crippen LogP contribution is -2.37. The maximum absolute atomic E-state index is 12.3. The minimum atomic E-state index is -0.473. The van der Waals surface area contributed by atoms with Crippen molar-refractivity contribution >= 4 is 28.7 Å². The topological polar surface area (TPSA) is 99.1 Å². The predicted octanol–water partition coefficient (Wildman–Crippen LogP) is 0.888. The summed E-state index contributed by atoms with van der Waals surface area (Å²) in [6.45, 7) is 0.480. The molecule has 0 unspecified atom stereocenters. The highest BCUT2D eigenvalue weighted by atomic mass is 32.2. The van der Waals surface area contributed by atoms with Gasteiger partial charge in [0.1, 0.15) is 11.4 Å². The van der Waals surface area contributed by atoms with E-state index in [9.17, 15) is 14.4 Å². The van der Waals surface area contributed by atoms with Crippen molar-refractivity contribution in [1.29, 1.82) is 0 Å². The van der Waals surface area contributed by atoms with E-state index < -0.39 is 11.2 Å². The molecule has 0 aromatic carbocycles. The fraction of sp³-hybridized carbons (Fsp3) is 0.294. The maximum atomic E-state index is 12.3. The van der Waals surface area contributed by atoms with Gasteiger partial charge in [-0.3, -0.25) is 18.7 Å². The molecule has 3 aromatic rings. The molecule has 0 aliphatic rings. The number of rotatable bonds is 6. The molecule has 26 heavy (non-hydrogen) atoms. The van der Waals surface area contributed by atoms with E-state index in [-0.39, 0.29) is 22.5 Å². The summed E-state index contributed by atoms with van der Waals surface area (Å²) < 4.78 is 7.52. The second-order valence-electron chi connectivity index (χ2n) is 5.69. The first-order valence-electron chi connectivity index (χ1n) is 7.93. The van der Waals surface area contributed by atoms with Crippen molar-refractivity contribution in [3.05, 3.63) is 62.8 Å². The number of fused-ring (bicyclic) bond motifs is 1. The number of aromatic nitrogens is 3. The number of hydrogen-bond donors (Lipinski definition) is 1. The lowest BCUT2D eigenvalue weighted by Gasteiger charge is -2.08. The van der Waals surface area contributed by atoms with Crippen LogP contribution in [0.3, 0.4) is 0 Å². The van der Waals surface area contributed by atoms with Crippen LogP contribution in [-0.4, -0.2) is 32.3 Å². The molecule has 136 valence electrons. The third kappa shape index (κ3) is 3.57. The van der Waals surface area contributed by atoms with Gasteiger partial charge in [-0.1, -0.05) is 0 Å². The zero-order chi connectivity index (χ0) is 18.7. The van der Waals surface area contributed by atoms with Crippen molar-refractivity contribution in [2.75, 3.05) is 12.3 Å². The molecule has 0 aliphatic carbocycles. The van der Waals surface area contributed by atoms with Gasteiger partial charge in [0.2, 0.25) is 0 Å². The zero-order valence-electron chi connectivity index (χ0n) is 14.4. The van der Waals surface area contributed by atoms with Crippen LogP contribution in [-0.2, 0) is 19.8 Å². The second kappa shape index (κ2) is 7.61. The Morgan fingerprint density at radius 3 is 2.85 bits per heavy atom. The SMILES string of the molecule is Cn1c(=O)c2cc(C(=O)NCCSCc3ccco3)cnc2n(C)c1=O. The largest absolute Gasteiger partial charge is 0.468 e. The number of furan rings is 1. The van der Waals surface area contributed by atoms with Gasteiger partial charge in [0.05, 0.1) is 23.0 Å². The number of carbonyl (C=O) groups is 1. The number of amides is 1. The van der Waals surface area contributed by atoms with Crippen molar-refractivity contribution < 1.29 is 9.21 Å². The summed E-state index contributed by atoms with van der Waals surface area (Å²) in [5, 5.41) is 3.03. The van der Waals surface area contributed by atoms with Crippen LogP contribution < -0.4 is 16.6 Å². The van der Waals surface area contributed by atoms with Crippen molar-refractivity contribution in [3.8, 4) is 0 Å². The van der Waals surface area contributed by atoms with Gasteiger partial charge in [-0.15, -0.1) is 0 Å². The first-order valence-corrected chi connectivity index (χ1v) is 9.08. The number of hydrogen-bond acceptors (Lipinski definition) is 6. The molecule has 3 aromatic heterocycles. The van der Waals surface area contributed by atoms with Crippen LogP contribution in [0.2, 0.25) is 0 Å². The highest BCUT2D eigenvalue weighted by Crippen LogP contribution is 2.12. The summed E-state index contributed by atoms with van der Waals surface area (Å²) in [6.07, 6.45) is 3.00. The fourth-order valence-electron chi connectivity index (χ4n) is 2.50. The Bertz CT molecular complexity index is 1050. The standard InChI is InChI=1S/C17H18N4O4S/c1-20-14-13(16(23)21(2)17(20)24)8-11(9-19-14)15(22)18-5-7-26-10-12-4-3-6-25-12/h3-4,6,8-9H,5,7,10H2,1-2H3,(H,18,22). The van der Waals surface area contributed by atoms with E-state index in [1.54, 1.807) is 18.0 Å². The average Bonchev–Trinajstić information content (AvgIpc) is 3.17. The Labute approximate surface area is 152 Å². The van der Waals surface area contributed by atoms with E-state index >= 15 is 0 Å². The number of thioether (sulfide) groups is 1. The van der Waals surface area contributed by atoms with Crippen LogP contribution >= 0.6 is 11.8 Å². The van der Waals surface area contributed by atoms with Crippen molar-refractivity contribution in [3.63, 3.8) is 0 Å². The van der Waals surface area contributed by atoms with Crippen LogP contribution in [0.4, 0.5) is 0 Å². The third-order valence-corrected chi connectivity index (χ3v) is 4.89. The molecule has 0 aliphatic heterocycles. The minimum Gasteiger partial charge on any atom is -0.468 e. The fourth-order valence-corrected chi connectivity index (χ4v) is 3.25. The first-order chi connectivity index (χ1) is 12.5. The quantitative estimate of drug-likeness (QED) is 0.643. The Hall–Kier alpha value is -2.81.